The summed E-state index contributed by atoms with van der Waals surface area (Å²) in [5, 5.41) is 23.6. The first-order valence-corrected chi connectivity index (χ1v) is 12.6. The highest BCUT2D eigenvalue weighted by Gasteiger charge is 2.47. The second-order valence-corrected chi connectivity index (χ2v) is 10.8. The predicted octanol–water partition coefficient (Wildman–Crippen LogP) is 7.12. The molecule has 5 heteroatoms. The van der Waals surface area contributed by atoms with Crippen molar-refractivity contribution in [3.05, 3.63) is 11.6 Å². The minimum Gasteiger partial charge on any atom is -0.494 e. The van der Waals surface area contributed by atoms with Gasteiger partial charge in [-0.15, -0.1) is 0 Å². The molecule has 0 spiro atoms. The van der Waals surface area contributed by atoms with Gasteiger partial charge in [-0.05, 0) is 53.4 Å². The molecule has 0 bridgehead atoms. The molecular weight excluding hydrogens is 388 g/mol. The predicted molar refractivity (Wildman–Crippen MR) is 129 cm³/mol. The van der Waals surface area contributed by atoms with E-state index in [0.29, 0.717) is 0 Å². The molecule has 1 aromatic heterocycles. The molecule has 1 aliphatic rings. The van der Waals surface area contributed by atoms with Crippen LogP contribution in [0, 0.1) is 0 Å². The van der Waals surface area contributed by atoms with Crippen molar-refractivity contribution in [2.75, 3.05) is 7.11 Å². The zero-order valence-electron chi connectivity index (χ0n) is 21.0. The monoisotopic (exact) mass is 436 g/mol. The summed E-state index contributed by atoms with van der Waals surface area (Å²) in [4.78, 5) is 5.69. The molecule has 0 aliphatic carbocycles. The molecule has 1 saturated heterocycles. The van der Waals surface area contributed by atoms with E-state index in [9.17, 15) is 10.2 Å². The first-order chi connectivity index (χ1) is 14.6. The summed E-state index contributed by atoms with van der Waals surface area (Å²) >= 11 is 0. The lowest BCUT2D eigenvalue weighted by molar-refractivity contribution is -0.270. The molecule has 0 amide bonds. The van der Waals surface area contributed by atoms with Crippen molar-refractivity contribution in [3.8, 4) is 11.8 Å². The number of hydrogen-bond donors (Lipinski definition) is 2. The van der Waals surface area contributed by atoms with Crippen molar-refractivity contribution in [3.63, 3.8) is 0 Å². The maximum Gasteiger partial charge on any atom is 0.197 e. The number of piperidine rings is 1. The number of hydroxylamine groups is 2. The highest BCUT2D eigenvalue weighted by molar-refractivity contribution is 5.36. The number of aromatic nitrogens is 1. The summed E-state index contributed by atoms with van der Waals surface area (Å²) in [6, 6.07) is 1.81. The van der Waals surface area contributed by atoms with E-state index in [1.54, 1.807) is 17.7 Å². The Balaban J connectivity index is 1.86. The molecule has 31 heavy (non-hydrogen) atoms. The van der Waals surface area contributed by atoms with E-state index < -0.39 is 0 Å². The maximum atomic E-state index is 10.9. The van der Waals surface area contributed by atoms with Crippen molar-refractivity contribution in [2.24, 2.45) is 0 Å². The summed E-state index contributed by atoms with van der Waals surface area (Å²) in [7, 11) is 1.72. The van der Waals surface area contributed by atoms with Crippen LogP contribution in [-0.4, -0.2) is 38.0 Å². The summed E-state index contributed by atoms with van der Waals surface area (Å²) in [6.45, 7) is 10.9. The van der Waals surface area contributed by atoms with Gasteiger partial charge in [0.1, 0.15) is 0 Å². The Kier molecular flexibility index (Phi) is 9.75. The van der Waals surface area contributed by atoms with Crippen LogP contribution in [0.15, 0.2) is 6.07 Å². The highest BCUT2D eigenvalue weighted by atomic mass is 16.7. The average Bonchev–Trinajstić information content (AvgIpc) is 2.95. The Bertz CT molecular complexity index is 648. The lowest BCUT2D eigenvalue weighted by atomic mass is 9.79. The van der Waals surface area contributed by atoms with Crippen LogP contribution in [0.3, 0.4) is 0 Å². The van der Waals surface area contributed by atoms with Gasteiger partial charge < -0.3 is 15.1 Å². The molecule has 0 unspecified atom stereocenters. The van der Waals surface area contributed by atoms with Crippen LogP contribution in [-0.2, 0) is 11.3 Å². The van der Waals surface area contributed by atoms with Gasteiger partial charge in [-0.3, -0.25) is 4.57 Å². The number of unbranched alkanes of at least 4 members (excludes halogenated alkanes) is 9. The van der Waals surface area contributed by atoms with Crippen LogP contribution >= 0.6 is 0 Å². The van der Waals surface area contributed by atoms with Gasteiger partial charge in [0.15, 0.2) is 11.8 Å². The first kappa shape index (κ1) is 26.1. The molecule has 2 N–H and O–H groups in total. The molecular formula is C26H48N2O3. The molecule has 1 aromatic rings. The van der Waals surface area contributed by atoms with Crippen molar-refractivity contribution >= 4 is 0 Å². The third kappa shape index (κ3) is 6.89. The van der Waals surface area contributed by atoms with Crippen LogP contribution < -0.4 is 0 Å². The van der Waals surface area contributed by atoms with Gasteiger partial charge in [0.05, 0.1) is 7.11 Å². The third-order valence-electron chi connectivity index (χ3n) is 6.98. The summed E-state index contributed by atoms with van der Waals surface area (Å²) in [5.74, 6) is 0.429. The number of aromatic hydroxyl groups is 2. The van der Waals surface area contributed by atoms with E-state index in [2.05, 4.69) is 39.7 Å². The highest BCUT2D eigenvalue weighted by Crippen LogP contribution is 2.47. The van der Waals surface area contributed by atoms with Crippen molar-refractivity contribution in [1.82, 2.24) is 9.63 Å². The number of nitrogens with zero attached hydrogens (tertiary/aromatic N) is 2. The lowest BCUT2D eigenvalue weighted by Crippen LogP contribution is -2.60. The normalized spacial score (nSPS) is 19.2. The second kappa shape index (κ2) is 11.6. The van der Waals surface area contributed by atoms with Crippen LogP contribution in [0.1, 0.15) is 123 Å². The fourth-order valence-electron chi connectivity index (χ4n) is 5.79. The van der Waals surface area contributed by atoms with Gasteiger partial charge in [-0.1, -0.05) is 64.7 Å². The number of aryl methyl sites for hydroxylation is 1. The number of hydrogen-bond acceptors (Lipinski definition) is 4. The Morgan fingerprint density at radius 1 is 0.871 bits per heavy atom. The van der Waals surface area contributed by atoms with Gasteiger partial charge in [0, 0.05) is 28.7 Å². The molecule has 1 aliphatic heterocycles. The maximum absolute atomic E-state index is 10.9. The van der Waals surface area contributed by atoms with Gasteiger partial charge in [-0.2, -0.15) is 5.06 Å². The molecule has 0 radical (unpaired) electrons. The SMILES string of the molecule is CCCCCCCCCCCCc1cc(O)n(C2CC(C)(C)N(OC)C(C)(C)C2)c1O. The zero-order chi connectivity index (χ0) is 23.1. The van der Waals surface area contributed by atoms with E-state index in [1.165, 1.54) is 57.8 Å². The second-order valence-electron chi connectivity index (χ2n) is 10.8. The first-order valence-electron chi connectivity index (χ1n) is 12.6. The Morgan fingerprint density at radius 3 is 1.84 bits per heavy atom. The smallest absolute Gasteiger partial charge is 0.197 e. The molecule has 180 valence electrons. The molecule has 5 nitrogen and oxygen atoms in total. The topological polar surface area (TPSA) is 57.9 Å². The Labute approximate surface area is 190 Å². The fraction of sp³-hybridized carbons (Fsp3) is 0.846. The molecule has 0 atom stereocenters. The molecule has 2 rings (SSSR count). The molecule has 0 aromatic carbocycles. The fourth-order valence-corrected chi connectivity index (χ4v) is 5.79. The minimum atomic E-state index is -0.193. The molecule has 1 fully saturated rings. The standard InChI is InChI=1S/C26H48N2O3/c1-7-8-9-10-11-12-13-14-15-16-17-21-18-23(29)27(24(21)30)22-19-25(2,3)28(31-6)26(4,5)20-22/h18,22,29-30H,7-17,19-20H2,1-6H3. The molecule has 2 heterocycles. The van der Waals surface area contributed by atoms with Gasteiger partial charge >= 0.3 is 0 Å². The summed E-state index contributed by atoms with van der Waals surface area (Å²) < 4.78 is 1.75. The number of rotatable bonds is 13. The van der Waals surface area contributed by atoms with Gasteiger partial charge in [0.2, 0.25) is 0 Å². The Hall–Kier alpha value is -1.20. The van der Waals surface area contributed by atoms with Crippen molar-refractivity contribution < 1.29 is 15.1 Å². The largest absolute Gasteiger partial charge is 0.494 e. The third-order valence-corrected chi connectivity index (χ3v) is 6.98. The quantitative estimate of drug-likeness (QED) is 0.323. The Morgan fingerprint density at radius 2 is 1.35 bits per heavy atom. The van der Waals surface area contributed by atoms with Crippen molar-refractivity contribution in [2.45, 2.75) is 135 Å². The average molecular weight is 437 g/mol. The van der Waals surface area contributed by atoms with Gasteiger partial charge in [0.25, 0.3) is 0 Å². The van der Waals surface area contributed by atoms with E-state index in [1.807, 2.05) is 0 Å². The summed E-state index contributed by atoms with van der Waals surface area (Å²) in [6.07, 6.45) is 15.4. The van der Waals surface area contributed by atoms with E-state index in [4.69, 9.17) is 4.84 Å². The summed E-state index contributed by atoms with van der Waals surface area (Å²) in [5.41, 5.74) is 0.490. The van der Waals surface area contributed by atoms with E-state index in [-0.39, 0.29) is 28.9 Å². The van der Waals surface area contributed by atoms with Crippen LogP contribution in [0.5, 0.6) is 11.8 Å². The van der Waals surface area contributed by atoms with Gasteiger partial charge in [-0.25, -0.2) is 0 Å². The van der Waals surface area contributed by atoms with Crippen LogP contribution in [0.2, 0.25) is 0 Å². The zero-order valence-corrected chi connectivity index (χ0v) is 21.0. The van der Waals surface area contributed by atoms with Crippen molar-refractivity contribution in [1.29, 1.82) is 0 Å². The lowest BCUT2D eigenvalue weighted by Gasteiger charge is -2.53. The van der Waals surface area contributed by atoms with E-state index >= 15 is 0 Å². The minimum absolute atomic E-state index is 0.0397. The van der Waals surface area contributed by atoms with Crippen LogP contribution in [0.25, 0.3) is 0 Å². The van der Waals surface area contributed by atoms with Crippen LogP contribution in [0.4, 0.5) is 0 Å². The van der Waals surface area contributed by atoms with E-state index in [0.717, 1.165) is 31.2 Å². The molecule has 0 saturated carbocycles.